The van der Waals surface area contributed by atoms with Gasteiger partial charge < -0.3 is 9.79 Å². The standard InChI is InChI=1S/C14H31O4P.In.3H/c1-2-3-4-5-6-7-8-9-10-11-12-13-14-18-19(15,16)17;;;;/h2-14H2,1H3,(H2,15,16,17);;;;. The molecule has 0 aromatic rings. The first-order chi connectivity index (χ1) is 9.06. The van der Waals surface area contributed by atoms with Gasteiger partial charge in [0.1, 0.15) is 0 Å². The first kappa shape index (κ1) is 23.2. The van der Waals surface area contributed by atoms with Crippen molar-refractivity contribution in [2.75, 3.05) is 6.61 Å². The number of rotatable bonds is 14. The first-order valence-electron chi connectivity index (χ1n) is 7.76. The van der Waals surface area contributed by atoms with E-state index < -0.39 is 7.82 Å². The fourth-order valence-corrected chi connectivity index (χ4v) is 2.49. The number of unbranched alkanes of at least 4 members (excludes halogenated alkanes) is 11. The van der Waals surface area contributed by atoms with Crippen molar-refractivity contribution >= 4 is 33.7 Å². The fraction of sp³-hybridized carbons (Fsp3) is 1.00. The number of hydrogen-bond donors (Lipinski definition) is 2. The van der Waals surface area contributed by atoms with Crippen molar-refractivity contribution in [3.05, 3.63) is 0 Å². The van der Waals surface area contributed by atoms with Crippen LogP contribution < -0.4 is 0 Å². The van der Waals surface area contributed by atoms with Crippen LogP contribution in [0.2, 0.25) is 0 Å². The summed E-state index contributed by atoms with van der Waals surface area (Å²) in [5.74, 6) is 0. The van der Waals surface area contributed by atoms with E-state index in [-0.39, 0.29) is 32.5 Å². The molecule has 0 unspecified atom stereocenters. The maximum atomic E-state index is 10.4. The Morgan fingerprint density at radius 3 is 1.45 bits per heavy atom. The van der Waals surface area contributed by atoms with Crippen LogP contribution in [0.25, 0.3) is 0 Å². The van der Waals surface area contributed by atoms with Gasteiger partial charge in [-0.15, -0.1) is 0 Å². The minimum atomic E-state index is -4.25. The molecule has 0 bridgehead atoms. The molecule has 0 radical (unpaired) electrons. The fourth-order valence-electron chi connectivity index (χ4n) is 2.13. The predicted octanol–water partition coefficient (Wildman–Crippen LogP) is 3.61. The molecule has 6 heteroatoms. The Morgan fingerprint density at radius 2 is 1.10 bits per heavy atom. The SMILES string of the molecule is CCCCCCCCCCCCCCOP(=O)(O)O.[InH3]. The molecule has 122 valence electrons. The van der Waals surface area contributed by atoms with Gasteiger partial charge in [0.25, 0.3) is 0 Å². The number of phosphoric ester groups is 1. The summed E-state index contributed by atoms with van der Waals surface area (Å²) in [6, 6.07) is 0. The van der Waals surface area contributed by atoms with Crippen LogP contribution in [0.3, 0.4) is 0 Å². The van der Waals surface area contributed by atoms with Gasteiger partial charge in [0.15, 0.2) is 0 Å². The summed E-state index contributed by atoms with van der Waals surface area (Å²) in [5, 5.41) is 0. The van der Waals surface area contributed by atoms with Gasteiger partial charge in [-0.3, -0.25) is 4.52 Å². The zero-order valence-corrected chi connectivity index (χ0v) is 13.2. The van der Waals surface area contributed by atoms with Crippen molar-refractivity contribution < 1.29 is 18.9 Å². The van der Waals surface area contributed by atoms with Crippen molar-refractivity contribution in [2.24, 2.45) is 0 Å². The van der Waals surface area contributed by atoms with Crippen LogP contribution in [-0.4, -0.2) is 42.2 Å². The van der Waals surface area contributed by atoms with Gasteiger partial charge in [-0.2, -0.15) is 0 Å². The van der Waals surface area contributed by atoms with Crippen molar-refractivity contribution in [3.63, 3.8) is 0 Å². The molecule has 0 aliphatic heterocycles. The average molecular weight is 412 g/mol. The number of hydrogen-bond acceptors (Lipinski definition) is 2. The Kier molecular flexibility index (Phi) is 19.0. The summed E-state index contributed by atoms with van der Waals surface area (Å²) < 4.78 is 14.8. The van der Waals surface area contributed by atoms with Crippen molar-refractivity contribution in [1.82, 2.24) is 0 Å². The van der Waals surface area contributed by atoms with Gasteiger partial charge in [0.05, 0.1) is 6.61 Å². The third kappa shape index (κ3) is 21.3. The Labute approximate surface area is 143 Å². The van der Waals surface area contributed by atoms with Crippen LogP contribution in [0.5, 0.6) is 0 Å². The molecule has 0 saturated heterocycles. The molecular formula is C14H34InO4P. The van der Waals surface area contributed by atoms with Gasteiger partial charge >= 0.3 is 33.7 Å². The molecule has 0 spiro atoms. The zero-order chi connectivity index (χ0) is 14.4. The molecule has 0 rings (SSSR count). The van der Waals surface area contributed by atoms with Crippen LogP contribution in [0.15, 0.2) is 0 Å². The molecule has 20 heavy (non-hydrogen) atoms. The van der Waals surface area contributed by atoms with E-state index in [0.717, 1.165) is 19.3 Å². The molecule has 4 nitrogen and oxygen atoms in total. The van der Waals surface area contributed by atoms with E-state index >= 15 is 0 Å². The molecule has 0 amide bonds. The topological polar surface area (TPSA) is 66.8 Å². The van der Waals surface area contributed by atoms with Gasteiger partial charge in [-0.05, 0) is 6.42 Å². The van der Waals surface area contributed by atoms with Crippen LogP contribution >= 0.6 is 7.82 Å². The molecule has 0 saturated carbocycles. The van der Waals surface area contributed by atoms with Crippen LogP contribution in [-0.2, 0) is 9.09 Å². The summed E-state index contributed by atoms with van der Waals surface area (Å²) in [5.41, 5.74) is 0. The van der Waals surface area contributed by atoms with Gasteiger partial charge in [-0.25, -0.2) is 4.57 Å². The van der Waals surface area contributed by atoms with Crippen LogP contribution in [0, 0.1) is 0 Å². The molecule has 0 atom stereocenters. The molecule has 0 aliphatic rings. The van der Waals surface area contributed by atoms with Crippen molar-refractivity contribution in [1.29, 1.82) is 0 Å². The maximum absolute atomic E-state index is 10.4. The summed E-state index contributed by atoms with van der Waals surface area (Å²) in [6.07, 6.45) is 14.9. The van der Waals surface area contributed by atoms with Crippen LogP contribution in [0.4, 0.5) is 0 Å². The van der Waals surface area contributed by atoms with Crippen molar-refractivity contribution in [3.8, 4) is 0 Å². The molecule has 0 heterocycles. The quantitative estimate of drug-likeness (QED) is 0.338. The van der Waals surface area contributed by atoms with Gasteiger partial charge in [0, 0.05) is 0 Å². The summed E-state index contributed by atoms with van der Waals surface area (Å²) in [6.45, 7) is 2.41. The normalized spacial score (nSPS) is 11.3. The minimum absolute atomic E-state index is 0. The third-order valence-corrected chi connectivity index (χ3v) is 3.78. The monoisotopic (exact) mass is 412 g/mol. The van der Waals surface area contributed by atoms with Gasteiger partial charge in [-0.1, -0.05) is 77.6 Å². The zero-order valence-electron chi connectivity index (χ0n) is 12.4. The van der Waals surface area contributed by atoms with Gasteiger partial charge in [0.2, 0.25) is 0 Å². The Hall–Kier alpha value is 0.980. The van der Waals surface area contributed by atoms with E-state index in [1.165, 1.54) is 57.8 Å². The van der Waals surface area contributed by atoms with E-state index in [1.807, 2.05) is 0 Å². The molecular weight excluding hydrogens is 378 g/mol. The van der Waals surface area contributed by atoms with Crippen molar-refractivity contribution in [2.45, 2.75) is 84.0 Å². The van der Waals surface area contributed by atoms with E-state index in [1.54, 1.807) is 0 Å². The molecule has 0 aromatic carbocycles. The predicted molar refractivity (Wildman–Crippen MR) is 89.0 cm³/mol. The Balaban J connectivity index is 0. The van der Waals surface area contributed by atoms with E-state index in [4.69, 9.17) is 9.79 Å². The number of phosphoric acid groups is 1. The first-order valence-corrected chi connectivity index (χ1v) is 9.29. The average Bonchev–Trinajstić information content (AvgIpc) is 2.34. The second kappa shape index (κ2) is 16.4. The van der Waals surface area contributed by atoms with E-state index in [2.05, 4.69) is 11.4 Å². The second-order valence-electron chi connectivity index (χ2n) is 5.21. The summed E-state index contributed by atoms with van der Waals surface area (Å²) >= 11 is 0. The molecule has 2 N–H and O–H groups in total. The Morgan fingerprint density at radius 1 is 0.750 bits per heavy atom. The van der Waals surface area contributed by atoms with E-state index in [0.29, 0.717) is 0 Å². The third-order valence-electron chi connectivity index (χ3n) is 3.26. The summed E-state index contributed by atoms with van der Waals surface area (Å²) in [7, 11) is -4.25. The molecule has 0 aromatic heterocycles. The summed E-state index contributed by atoms with van der Waals surface area (Å²) in [4.78, 5) is 17.0. The van der Waals surface area contributed by atoms with Crippen LogP contribution in [0.1, 0.15) is 84.0 Å². The molecule has 0 aliphatic carbocycles. The Bertz CT molecular complexity index is 233. The van der Waals surface area contributed by atoms with E-state index in [9.17, 15) is 4.57 Å². The molecule has 0 fully saturated rings. The second-order valence-corrected chi connectivity index (χ2v) is 6.45.